The molecule has 1 heterocycles. The summed E-state index contributed by atoms with van der Waals surface area (Å²) in [6.07, 6.45) is 0.918. The van der Waals surface area contributed by atoms with Crippen molar-refractivity contribution in [3.63, 3.8) is 0 Å². The molecular weight excluding hydrogens is 272 g/mol. The van der Waals surface area contributed by atoms with Crippen molar-refractivity contribution in [2.24, 2.45) is 5.41 Å². The first-order valence-electron chi connectivity index (χ1n) is 7.00. The highest BCUT2D eigenvalue weighted by molar-refractivity contribution is 7.89. The second kappa shape index (κ2) is 5.47. The topological polar surface area (TPSA) is 49.4 Å². The van der Waals surface area contributed by atoms with Crippen molar-refractivity contribution in [2.45, 2.75) is 38.6 Å². The van der Waals surface area contributed by atoms with Gasteiger partial charge in [-0.05, 0) is 49.1 Å². The van der Waals surface area contributed by atoms with Gasteiger partial charge in [0.2, 0.25) is 10.0 Å². The molecule has 0 radical (unpaired) electrons. The molecule has 1 aromatic rings. The highest BCUT2D eigenvalue weighted by Gasteiger charge is 2.36. The summed E-state index contributed by atoms with van der Waals surface area (Å²) in [5.74, 6) is 0. The molecule has 0 amide bonds. The van der Waals surface area contributed by atoms with Gasteiger partial charge in [0.25, 0.3) is 0 Å². The standard InChI is InChI=1S/C15H24N2O2S/c1-12-5-6-14(9-13(12)10-16-4)20(18,19)17-8-7-15(2,3)11-17/h5-6,9,16H,7-8,10-11H2,1-4H3. The Bertz CT molecular complexity index is 594. The van der Waals surface area contributed by atoms with Crippen LogP contribution >= 0.6 is 0 Å². The third kappa shape index (κ3) is 3.05. The Hall–Kier alpha value is -0.910. The summed E-state index contributed by atoms with van der Waals surface area (Å²) in [5.41, 5.74) is 2.22. The summed E-state index contributed by atoms with van der Waals surface area (Å²) in [6, 6.07) is 5.41. The lowest BCUT2D eigenvalue weighted by molar-refractivity contribution is 0.375. The molecule has 0 aromatic heterocycles. The van der Waals surface area contributed by atoms with Gasteiger partial charge in [0.15, 0.2) is 0 Å². The molecule has 5 heteroatoms. The van der Waals surface area contributed by atoms with Crippen molar-refractivity contribution in [1.29, 1.82) is 0 Å². The molecule has 0 aliphatic carbocycles. The predicted molar refractivity (Wildman–Crippen MR) is 81.1 cm³/mol. The molecule has 0 atom stereocenters. The largest absolute Gasteiger partial charge is 0.316 e. The molecule has 112 valence electrons. The monoisotopic (exact) mass is 296 g/mol. The highest BCUT2D eigenvalue weighted by atomic mass is 32.2. The van der Waals surface area contributed by atoms with Crippen LogP contribution in [0.5, 0.6) is 0 Å². The SMILES string of the molecule is CNCc1cc(S(=O)(=O)N2CCC(C)(C)C2)ccc1C. The second-order valence-electron chi connectivity index (χ2n) is 6.37. The maximum Gasteiger partial charge on any atom is 0.243 e. The first kappa shape index (κ1) is 15.5. The quantitative estimate of drug-likeness (QED) is 0.926. The summed E-state index contributed by atoms with van der Waals surface area (Å²) in [7, 11) is -1.50. The minimum absolute atomic E-state index is 0.0750. The first-order valence-corrected chi connectivity index (χ1v) is 8.44. The van der Waals surface area contributed by atoms with E-state index < -0.39 is 10.0 Å². The Morgan fingerprint density at radius 3 is 2.60 bits per heavy atom. The van der Waals surface area contributed by atoms with Crippen LogP contribution in [-0.4, -0.2) is 32.9 Å². The lowest BCUT2D eigenvalue weighted by atomic mass is 9.93. The van der Waals surface area contributed by atoms with Crippen LogP contribution in [0.2, 0.25) is 0 Å². The van der Waals surface area contributed by atoms with Gasteiger partial charge < -0.3 is 5.32 Å². The van der Waals surface area contributed by atoms with Gasteiger partial charge in [0.1, 0.15) is 0 Å². The molecular formula is C15H24N2O2S. The molecule has 20 heavy (non-hydrogen) atoms. The van der Waals surface area contributed by atoms with E-state index in [4.69, 9.17) is 0 Å². The molecule has 0 unspecified atom stereocenters. The number of sulfonamides is 1. The van der Waals surface area contributed by atoms with Gasteiger partial charge in [0.05, 0.1) is 4.90 Å². The zero-order valence-electron chi connectivity index (χ0n) is 12.7. The van der Waals surface area contributed by atoms with Gasteiger partial charge in [-0.15, -0.1) is 0 Å². The molecule has 1 fully saturated rings. The first-order chi connectivity index (χ1) is 9.26. The smallest absolute Gasteiger partial charge is 0.243 e. The number of benzene rings is 1. The van der Waals surface area contributed by atoms with E-state index >= 15 is 0 Å². The molecule has 1 saturated heterocycles. The van der Waals surface area contributed by atoms with Gasteiger partial charge in [-0.3, -0.25) is 0 Å². The van der Waals surface area contributed by atoms with Gasteiger partial charge in [-0.1, -0.05) is 19.9 Å². The number of nitrogens with one attached hydrogen (secondary N) is 1. The van der Waals surface area contributed by atoms with Crippen LogP contribution in [0.4, 0.5) is 0 Å². The maximum atomic E-state index is 12.7. The zero-order chi connectivity index (χ0) is 15.0. The van der Waals surface area contributed by atoms with Crippen LogP contribution in [0.15, 0.2) is 23.1 Å². The van der Waals surface area contributed by atoms with Crippen molar-refractivity contribution in [2.75, 3.05) is 20.1 Å². The van der Waals surface area contributed by atoms with Crippen molar-refractivity contribution < 1.29 is 8.42 Å². The van der Waals surface area contributed by atoms with E-state index in [0.29, 0.717) is 24.5 Å². The fourth-order valence-corrected chi connectivity index (χ4v) is 4.29. The van der Waals surface area contributed by atoms with Crippen LogP contribution in [-0.2, 0) is 16.6 Å². The number of hydrogen-bond acceptors (Lipinski definition) is 3. The van der Waals surface area contributed by atoms with E-state index in [2.05, 4.69) is 19.2 Å². The Balaban J connectivity index is 2.33. The molecule has 1 aromatic carbocycles. The molecule has 0 spiro atoms. The minimum Gasteiger partial charge on any atom is -0.316 e. The average molecular weight is 296 g/mol. The molecule has 1 aliphatic rings. The van der Waals surface area contributed by atoms with Crippen molar-refractivity contribution in [1.82, 2.24) is 9.62 Å². The second-order valence-corrected chi connectivity index (χ2v) is 8.31. The summed E-state index contributed by atoms with van der Waals surface area (Å²) in [5, 5.41) is 3.08. The number of hydrogen-bond donors (Lipinski definition) is 1. The lowest BCUT2D eigenvalue weighted by Crippen LogP contribution is -2.30. The lowest BCUT2D eigenvalue weighted by Gasteiger charge is -2.20. The third-order valence-corrected chi connectivity index (χ3v) is 5.81. The summed E-state index contributed by atoms with van der Waals surface area (Å²) in [4.78, 5) is 0.408. The van der Waals surface area contributed by atoms with Crippen LogP contribution in [0.1, 0.15) is 31.4 Å². The molecule has 0 saturated carbocycles. The Kier molecular flexibility index (Phi) is 4.23. The average Bonchev–Trinajstić information content (AvgIpc) is 2.73. The molecule has 2 rings (SSSR count). The number of nitrogens with zero attached hydrogens (tertiary/aromatic N) is 1. The third-order valence-electron chi connectivity index (χ3n) is 3.97. The van der Waals surface area contributed by atoms with E-state index in [-0.39, 0.29) is 5.41 Å². The molecule has 1 aliphatic heterocycles. The molecule has 1 N–H and O–H groups in total. The van der Waals surface area contributed by atoms with E-state index in [0.717, 1.165) is 17.5 Å². The summed E-state index contributed by atoms with van der Waals surface area (Å²) >= 11 is 0. The Morgan fingerprint density at radius 1 is 1.35 bits per heavy atom. The fourth-order valence-electron chi connectivity index (χ4n) is 2.61. The zero-order valence-corrected chi connectivity index (χ0v) is 13.5. The molecule has 0 bridgehead atoms. The minimum atomic E-state index is -3.36. The van der Waals surface area contributed by atoms with Crippen LogP contribution < -0.4 is 5.32 Å². The summed E-state index contributed by atoms with van der Waals surface area (Å²) < 4.78 is 27.0. The Labute approximate surface area is 122 Å². The summed E-state index contributed by atoms with van der Waals surface area (Å²) in [6.45, 7) is 8.13. The normalized spacial score (nSPS) is 19.4. The van der Waals surface area contributed by atoms with E-state index in [1.165, 1.54) is 0 Å². The number of rotatable bonds is 4. The maximum absolute atomic E-state index is 12.7. The van der Waals surface area contributed by atoms with E-state index in [1.807, 2.05) is 20.0 Å². The van der Waals surface area contributed by atoms with Gasteiger partial charge in [-0.2, -0.15) is 4.31 Å². The predicted octanol–water partition coefficient (Wildman–Crippen LogP) is 2.14. The van der Waals surface area contributed by atoms with Gasteiger partial charge in [-0.25, -0.2) is 8.42 Å². The van der Waals surface area contributed by atoms with E-state index in [1.54, 1.807) is 16.4 Å². The van der Waals surface area contributed by atoms with Crippen LogP contribution in [0.3, 0.4) is 0 Å². The van der Waals surface area contributed by atoms with Crippen LogP contribution in [0, 0.1) is 12.3 Å². The Morgan fingerprint density at radius 2 is 2.05 bits per heavy atom. The van der Waals surface area contributed by atoms with Gasteiger partial charge >= 0.3 is 0 Å². The highest BCUT2D eigenvalue weighted by Crippen LogP contribution is 2.33. The van der Waals surface area contributed by atoms with Crippen molar-refractivity contribution in [3.8, 4) is 0 Å². The number of aryl methyl sites for hydroxylation is 1. The fraction of sp³-hybridized carbons (Fsp3) is 0.600. The van der Waals surface area contributed by atoms with Crippen molar-refractivity contribution >= 4 is 10.0 Å². The van der Waals surface area contributed by atoms with Crippen LogP contribution in [0.25, 0.3) is 0 Å². The van der Waals surface area contributed by atoms with Crippen molar-refractivity contribution in [3.05, 3.63) is 29.3 Å². The van der Waals surface area contributed by atoms with E-state index in [9.17, 15) is 8.42 Å². The molecule has 4 nitrogen and oxygen atoms in total. The van der Waals surface area contributed by atoms with Gasteiger partial charge in [0, 0.05) is 19.6 Å².